The van der Waals surface area contributed by atoms with Gasteiger partial charge in [-0.05, 0) is 14.0 Å². The molecule has 1 amide bonds. The zero-order valence-electron chi connectivity index (χ0n) is 14.1. The first-order chi connectivity index (χ1) is 11.6. The Labute approximate surface area is 141 Å². The fourth-order valence-electron chi connectivity index (χ4n) is 2.66. The molecule has 0 unspecified atom stereocenters. The van der Waals surface area contributed by atoms with Crippen molar-refractivity contribution in [3.8, 4) is 0 Å². The number of rotatable bonds is 5. The highest BCUT2D eigenvalue weighted by Gasteiger charge is 2.18. The van der Waals surface area contributed by atoms with Crippen LogP contribution < -0.4 is 10.2 Å². The summed E-state index contributed by atoms with van der Waals surface area (Å²) in [7, 11) is 2.11. The second-order valence-corrected chi connectivity index (χ2v) is 6.00. The number of anilines is 1. The van der Waals surface area contributed by atoms with Crippen LogP contribution in [0.25, 0.3) is 0 Å². The van der Waals surface area contributed by atoms with Crippen LogP contribution in [-0.2, 0) is 6.42 Å². The lowest BCUT2D eigenvalue weighted by Crippen LogP contribution is -2.45. The van der Waals surface area contributed by atoms with Crippen LogP contribution in [0.4, 0.5) is 5.95 Å². The van der Waals surface area contributed by atoms with Gasteiger partial charge in [0.15, 0.2) is 0 Å². The van der Waals surface area contributed by atoms with E-state index in [1.807, 2.05) is 6.92 Å². The fourth-order valence-corrected chi connectivity index (χ4v) is 2.66. The van der Waals surface area contributed by atoms with Crippen molar-refractivity contribution < 1.29 is 4.79 Å². The molecule has 128 valence electrons. The Morgan fingerprint density at radius 3 is 2.75 bits per heavy atom. The van der Waals surface area contributed by atoms with Crippen molar-refractivity contribution in [3.05, 3.63) is 35.7 Å². The first kappa shape index (κ1) is 16.4. The van der Waals surface area contributed by atoms with Gasteiger partial charge in [0.25, 0.3) is 5.91 Å². The van der Waals surface area contributed by atoms with E-state index in [0.717, 1.165) is 32.0 Å². The lowest BCUT2D eigenvalue weighted by Gasteiger charge is -2.32. The number of H-pyrrole nitrogens is 1. The van der Waals surface area contributed by atoms with Gasteiger partial charge >= 0.3 is 0 Å². The Bertz CT molecular complexity index is 678. The van der Waals surface area contributed by atoms with Crippen molar-refractivity contribution in [1.29, 1.82) is 0 Å². The number of carbonyl (C=O) groups excluding carboxylic acids is 1. The number of piperazine rings is 1. The number of aromatic amines is 1. The van der Waals surface area contributed by atoms with Gasteiger partial charge in [-0.15, -0.1) is 0 Å². The number of imidazole rings is 1. The lowest BCUT2D eigenvalue weighted by atomic mass is 10.2. The molecule has 0 aliphatic carbocycles. The molecule has 2 aromatic rings. The van der Waals surface area contributed by atoms with Crippen LogP contribution in [0.2, 0.25) is 0 Å². The Morgan fingerprint density at radius 1 is 1.29 bits per heavy atom. The summed E-state index contributed by atoms with van der Waals surface area (Å²) in [6.45, 7) is 6.18. The quantitative estimate of drug-likeness (QED) is 0.816. The van der Waals surface area contributed by atoms with E-state index in [1.54, 1.807) is 18.6 Å². The van der Waals surface area contributed by atoms with Gasteiger partial charge in [0.1, 0.15) is 5.82 Å². The molecule has 0 bridgehead atoms. The molecular weight excluding hydrogens is 306 g/mol. The number of nitrogens with one attached hydrogen (secondary N) is 2. The van der Waals surface area contributed by atoms with Crippen LogP contribution in [0.15, 0.2) is 18.6 Å². The number of carbonyl (C=O) groups is 1. The van der Waals surface area contributed by atoms with E-state index in [1.165, 1.54) is 0 Å². The van der Waals surface area contributed by atoms with Crippen LogP contribution in [0, 0.1) is 6.92 Å². The van der Waals surface area contributed by atoms with E-state index in [9.17, 15) is 4.79 Å². The Balaban J connectivity index is 1.58. The smallest absolute Gasteiger partial charge is 0.254 e. The van der Waals surface area contributed by atoms with Crippen LogP contribution in [0.1, 0.15) is 21.9 Å². The van der Waals surface area contributed by atoms with Gasteiger partial charge in [-0.3, -0.25) is 4.79 Å². The molecule has 0 aromatic carbocycles. The first-order valence-electron chi connectivity index (χ1n) is 8.17. The maximum absolute atomic E-state index is 12.3. The molecule has 1 saturated heterocycles. The number of aromatic nitrogens is 4. The maximum atomic E-state index is 12.3. The number of hydrogen-bond acceptors (Lipinski definition) is 6. The lowest BCUT2D eigenvalue weighted by molar-refractivity contribution is 0.0952. The topological polar surface area (TPSA) is 90.0 Å². The number of amides is 1. The number of aryl methyl sites for hydroxylation is 1. The van der Waals surface area contributed by atoms with Crippen molar-refractivity contribution in [2.75, 3.05) is 44.7 Å². The van der Waals surface area contributed by atoms with Crippen LogP contribution in [-0.4, -0.2) is 70.5 Å². The van der Waals surface area contributed by atoms with E-state index in [2.05, 4.69) is 42.1 Å². The monoisotopic (exact) mass is 329 g/mol. The summed E-state index contributed by atoms with van der Waals surface area (Å²) < 4.78 is 0. The Hall–Kier alpha value is -2.48. The predicted octanol–water partition coefficient (Wildman–Crippen LogP) is 0.232. The molecule has 1 fully saturated rings. The van der Waals surface area contributed by atoms with Crippen molar-refractivity contribution in [2.24, 2.45) is 0 Å². The number of nitrogens with zero attached hydrogens (tertiary/aromatic N) is 5. The van der Waals surface area contributed by atoms with E-state index in [4.69, 9.17) is 0 Å². The molecule has 0 atom stereocenters. The molecule has 0 saturated carbocycles. The van der Waals surface area contributed by atoms with Gasteiger partial charge in [0.05, 0.1) is 11.3 Å². The molecule has 2 N–H and O–H groups in total. The van der Waals surface area contributed by atoms with Crippen LogP contribution in [0.3, 0.4) is 0 Å². The molecular formula is C16H23N7O. The highest BCUT2D eigenvalue weighted by molar-refractivity contribution is 5.94. The third kappa shape index (κ3) is 3.88. The summed E-state index contributed by atoms with van der Waals surface area (Å²) in [6, 6.07) is 0. The van der Waals surface area contributed by atoms with Crippen LogP contribution in [0.5, 0.6) is 0 Å². The summed E-state index contributed by atoms with van der Waals surface area (Å²) >= 11 is 0. The molecule has 1 aliphatic heterocycles. The second kappa shape index (κ2) is 7.39. The fraction of sp³-hybridized carbons (Fsp3) is 0.500. The summed E-state index contributed by atoms with van der Waals surface area (Å²) in [6.07, 6.45) is 5.76. The molecule has 0 spiro atoms. The maximum Gasteiger partial charge on any atom is 0.254 e. The minimum Gasteiger partial charge on any atom is -0.351 e. The van der Waals surface area contributed by atoms with Gasteiger partial charge in [-0.1, -0.05) is 0 Å². The minimum absolute atomic E-state index is 0.149. The van der Waals surface area contributed by atoms with Gasteiger partial charge in [0, 0.05) is 57.7 Å². The second-order valence-electron chi connectivity index (χ2n) is 6.00. The molecule has 3 heterocycles. The molecule has 3 rings (SSSR count). The molecule has 8 heteroatoms. The normalized spacial score (nSPS) is 15.5. The first-order valence-corrected chi connectivity index (χ1v) is 8.17. The standard InChI is InChI=1S/C16H23N7O/c1-12-13(15(24)19-4-3-14-17-5-6-18-14)11-20-16(21-12)23-9-7-22(2)8-10-23/h5-6,11H,3-4,7-10H2,1-2H3,(H,17,18)(H,19,24). The molecule has 0 radical (unpaired) electrons. The summed E-state index contributed by atoms with van der Waals surface area (Å²) in [4.78, 5) is 32.8. The zero-order valence-corrected chi connectivity index (χ0v) is 14.1. The number of hydrogen-bond donors (Lipinski definition) is 2. The largest absolute Gasteiger partial charge is 0.351 e. The van der Waals surface area contributed by atoms with Crippen molar-refractivity contribution in [1.82, 2.24) is 30.2 Å². The van der Waals surface area contributed by atoms with E-state index in [-0.39, 0.29) is 5.91 Å². The number of likely N-dealkylation sites (N-methyl/N-ethyl adjacent to an activating group) is 1. The highest BCUT2D eigenvalue weighted by Crippen LogP contribution is 2.13. The summed E-state index contributed by atoms with van der Waals surface area (Å²) in [5, 5.41) is 2.88. The SMILES string of the molecule is Cc1nc(N2CCN(C)CC2)ncc1C(=O)NCCc1ncc[nH]1. The predicted molar refractivity (Wildman–Crippen MR) is 91.1 cm³/mol. The molecule has 2 aromatic heterocycles. The minimum atomic E-state index is -0.149. The average Bonchev–Trinajstić information content (AvgIpc) is 3.08. The zero-order chi connectivity index (χ0) is 16.9. The average molecular weight is 329 g/mol. The Morgan fingerprint density at radius 2 is 2.08 bits per heavy atom. The summed E-state index contributed by atoms with van der Waals surface area (Å²) in [5.74, 6) is 1.41. The van der Waals surface area contributed by atoms with E-state index < -0.39 is 0 Å². The van der Waals surface area contributed by atoms with Crippen LogP contribution >= 0.6 is 0 Å². The third-order valence-electron chi connectivity index (χ3n) is 4.20. The van der Waals surface area contributed by atoms with E-state index >= 15 is 0 Å². The van der Waals surface area contributed by atoms with Gasteiger partial charge in [0.2, 0.25) is 5.95 Å². The Kier molecular flexibility index (Phi) is 5.05. The van der Waals surface area contributed by atoms with Gasteiger partial charge in [-0.2, -0.15) is 0 Å². The van der Waals surface area contributed by atoms with Crippen molar-refractivity contribution in [2.45, 2.75) is 13.3 Å². The molecule has 8 nitrogen and oxygen atoms in total. The highest BCUT2D eigenvalue weighted by atomic mass is 16.1. The molecule has 24 heavy (non-hydrogen) atoms. The van der Waals surface area contributed by atoms with E-state index in [0.29, 0.717) is 30.2 Å². The van der Waals surface area contributed by atoms with Gasteiger partial charge < -0.3 is 20.1 Å². The molecule has 1 aliphatic rings. The van der Waals surface area contributed by atoms with Crippen molar-refractivity contribution >= 4 is 11.9 Å². The third-order valence-corrected chi connectivity index (χ3v) is 4.20. The van der Waals surface area contributed by atoms with Crippen molar-refractivity contribution in [3.63, 3.8) is 0 Å². The van der Waals surface area contributed by atoms with Gasteiger partial charge in [-0.25, -0.2) is 15.0 Å². The summed E-state index contributed by atoms with van der Waals surface area (Å²) in [5.41, 5.74) is 1.22.